The molecule has 6 rings (SSSR count). The van der Waals surface area contributed by atoms with Gasteiger partial charge < -0.3 is 9.47 Å². The average molecular weight is 330 g/mol. The largest absolute Gasteiger partial charge is 0.369 e. The minimum absolute atomic E-state index is 0.102. The molecule has 0 amide bonds. The van der Waals surface area contributed by atoms with Crippen molar-refractivity contribution in [3.8, 4) is 0 Å². The Bertz CT molecular complexity index is 639. The highest BCUT2D eigenvalue weighted by Crippen LogP contribution is 2.78. The van der Waals surface area contributed by atoms with Gasteiger partial charge in [-0.15, -0.1) is 0 Å². The minimum atomic E-state index is -0.124. The number of epoxide rings is 2. The molecule has 6 unspecified atom stereocenters. The SMILES string of the molecule is CC(=O)C1(C)CCC[C@]2(C)C1CCC1C3CC4(CO4)C3C[C@@H]3O[C@@]132. The van der Waals surface area contributed by atoms with Gasteiger partial charge in [-0.1, -0.05) is 20.3 Å². The van der Waals surface area contributed by atoms with Crippen LogP contribution in [0.2, 0.25) is 0 Å². The van der Waals surface area contributed by atoms with E-state index in [0.717, 1.165) is 30.8 Å². The van der Waals surface area contributed by atoms with Crippen molar-refractivity contribution < 1.29 is 14.3 Å². The molecule has 0 aromatic carbocycles. The summed E-state index contributed by atoms with van der Waals surface area (Å²) in [5.74, 6) is 3.25. The van der Waals surface area contributed by atoms with E-state index < -0.39 is 0 Å². The zero-order chi connectivity index (χ0) is 16.5. The predicted octanol–water partition coefficient (Wildman–Crippen LogP) is 3.74. The highest BCUT2D eigenvalue weighted by Gasteiger charge is 2.83. The maximum atomic E-state index is 12.6. The second kappa shape index (κ2) is 3.96. The van der Waals surface area contributed by atoms with E-state index in [1.807, 2.05) is 6.92 Å². The number of Topliss-reactive ketones (excluding diaryl/α,β-unsaturated/α-hetero) is 1. The van der Waals surface area contributed by atoms with Crippen molar-refractivity contribution >= 4 is 5.78 Å². The van der Waals surface area contributed by atoms with Gasteiger partial charge in [0, 0.05) is 10.8 Å². The van der Waals surface area contributed by atoms with E-state index in [-0.39, 0.29) is 22.0 Å². The Morgan fingerprint density at radius 3 is 2.62 bits per heavy atom. The molecule has 6 fully saturated rings. The smallest absolute Gasteiger partial charge is 0.135 e. The molecule has 0 radical (unpaired) electrons. The van der Waals surface area contributed by atoms with Gasteiger partial charge in [-0.3, -0.25) is 4.79 Å². The highest BCUT2D eigenvalue weighted by atomic mass is 16.6. The number of ether oxygens (including phenoxy) is 2. The average Bonchev–Trinajstić information content (AvgIpc) is 3.40. The molecular formula is C21H30O3. The number of carbonyl (C=O) groups excluding carboxylic acids is 1. The number of rotatable bonds is 1. The van der Waals surface area contributed by atoms with Crippen molar-refractivity contribution in [3.63, 3.8) is 0 Å². The Hall–Kier alpha value is -0.410. The molecule has 2 aliphatic heterocycles. The van der Waals surface area contributed by atoms with Crippen LogP contribution in [0, 0.1) is 34.5 Å². The fourth-order valence-electron chi connectivity index (χ4n) is 8.56. The third-order valence-electron chi connectivity index (χ3n) is 9.98. The van der Waals surface area contributed by atoms with E-state index in [1.165, 1.54) is 38.5 Å². The van der Waals surface area contributed by atoms with E-state index in [9.17, 15) is 4.79 Å². The van der Waals surface area contributed by atoms with E-state index in [2.05, 4.69) is 13.8 Å². The lowest BCUT2D eigenvalue weighted by Gasteiger charge is -2.63. The number of fused-ring (bicyclic) bond motifs is 4. The third kappa shape index (κ3) is 1.34. The van der Waals surface area contributed by atoms with Crippen LogP contribution in [0.3, 0.4) is 0 Å². The lowest BCUT2D eigenvalue weighted by Crippen LogP contribution is -2.66. The minimum Gasteiger partial charge on any atom is -0.369 e. The van der Waals surface area contributed by atoms with Crippen LogP contribution in [0.5, 0.6) is 0 Å². The van der Waals surface area contributed by atoms with Crippen molar-refractivity contribution in [1.29, 1.82) is 0 Å². The molecule has 24 heavy (non-hydrogen) atoms. The zero-order valence-corrected chi connectivity index (χ0v) is 15.3. The molecule has 3 heteroatoms. The predicted molar refractivity (Wildman–Crippen MR) is 89.5 cm³/mol. The van der Waals surface area contributed by atoms with Gasteiger partial charge in [-0.2, -0.15) is 0 Å². The van der Waals surface area contributed by atoms with E-state index in [0.29, 0.717) is 17.8 Å². The number of carbonyl (C=O) groups is 1. The molecular weight excluding hydrogens is 300 g/mol. The topological polar surface area (TPSA) is 42.1 Å². The molecule has 132 valence electrons. The number of hydrogen-bond donors (Lipinski definition) is 0. The molecule has 9 atom stereocenters. The van der Waals surface area contributed by atoms with Crippen molar-refractivity contribution in [2.24, 2.45) is 34.5 Å². The van der Waals surface area contributed by atoms with Crippen molar-refractivity contribution in [3.05, 3.63) is 0 Å². The van der Waals surface area contributed by atoms with Crippen LogP contribution < -0.4 is 0 Å². The molecule has 4 aliphatic carbocycles. The van der Waals surface area contributed by atoms with Gasteiger partial charge in [0.1, 0.15) is 11.4 Å². The molecule has 6 aliphatic rings. The van der Waals surface area contributed by atoms with Gasteiger partial charge in [0.2, 0.25) is 0 Å². The molecule has 0 N–H and O–H groups in total. The van der Waals surface area contributed by atoms with Gasteiger partial charge in [0.25, 0.3) is 0 Å². The van der Waals surface area contributed by atoms with Crippen molar-refractivity contribution in [2.45, 2.75) is 83.0 Å². The van der Waals surface area contributed by atoms with Crippen molar-refractivity contribution in [2.75, 3.05) is 6.61 Å². The first-order chi connectivity index (χ1) is 11.4. The summed E-state index contributed by atoms with van der Waals surface area (Å²) in [5, 5.41) is 0. The second-order valence-corrected chi connectivity index (χ2v) is 10.4. The van der Waals surface area contributed by atoms with Crippen LogP contribution in [0.4, 0.5) is 0 Å². The standard InChI is InChI=1S/C21H30O3/c1-12(22)18(2)7-4-8-19(3)16(18)6-5-14-13-10-20(11-23-20)15(13)9-17-21(14,19)24-17/h13-17H,4-11H2,1-3H3/t13?,14?,15?,16?,17-,18?,19+,20?,21-/m0/s1. The molecule has 2 heterocycles. The maximum Gasteiger partial charge on any atom is 0.135 e. The van der Waals surface area contributed by atoms with Crippen LogP contribution in [-0.2, 0) is 14.3 Å². The fraction of sp³-hybridized carbons (Fsp3) is 0.952. The molecule has 0 bridgehead atoms. The summed E-state index contributed by atoms with van der Waals surface area (Å²) in [6, 6.07) is 0. The summed E-state index contributed by atoms with van der Waals surface area (Å²) in [7, 11) is 0. The van der Waals surface area contributed by atoms with Crippen LogP contribution in [-0.4, -0.2) is 29.7 Å². The second-order valence-electron chi connectivity index (χ2n) is 10.4. The summed E-state index contributed by atoms with van der Waals surface area (Å²) < 4.78 is 12.5. The third-order valence-corrected chi connectivity index (χ3v) is 9.98. The monoisotopic (exact) mass is 330 g/mol. The lowest BCUT2D eigenvalue weighted by atomic mass is 9.39. The highest BCUT2D eigenvalue weighted by molar-refractivity contribution is 5.82. The fourth-order valence-corrected chi connectivity index (χ4v) is 8.56. The molecule has 3 nitrogen and oxygen atoms in total. The van der Waals surface area contributed by atoms with Gasteiger partial charge in [-0.25, -0.2) is 0 Å². The Kier molecular flexibility index (Phi) is 2.43. The lowest BCUT2D eigenvalue weighted by molar-refractivity contribution is -0.169. The summed E-state index contributed by atoms with van der Waals surface area (Å²) in [4.78, 5) is 12.6. The van der Waals surface area contributed by atoms with E-state index in [1.54, 1.807) is 0 Å². The number of hydrogen-bond acceptors (Lipinski definition) is 3. The molecule has 2 spiro atoms. The van der Waals surface area contributed by atoms with E-state index >= 15 is 0 Å². The quantitative estimate of drug-likeness (QED) is 0.688. The Labute approximate surface area is 144 Å². The van der Waals surface area contributed by atoms with Gasteiger partial charge in [0.05, 0.1) is 18.3 Å². The summed E-state index contributed by atoms with van der Waals surface area (Å²) >= 11 is 0. The van der Waals surface area contributed by atoms with Gasteiger partial charge >= 0.3 is 0 Å². The number of ketones is 1. The summed E-state index contributed by atoms with van der Waals surface area (Å²) in [6.45, 7) is 7.58. The first-order valence-electron chi connectivity index (χ1n) is 10.2. The van der Waals surface area contributed by atoms with Crippen LogP contribution in [0.15, 0.2) is 0 Å². The van der Waals surface area contributed by atoms with E-state index in [4.69, 9.17) is 9.47 Å². The summed E-state index contributed by atoms with van der Waals surface area (Å²) in [5.41, 5.74) is 0.462. The van der Waals surface area contributed by atoms with Crippen LogP contribution >= 0.6 is 0 Å². The molecule has 4 saturated carbocycles. The normalized spacial score (nSPS) is 65.7. The van der Waals surface area contributed by atoms with Gasteiger partial charge in [0.15, 0.2) is 0 Å². The Morgan fingerprint density at radius 2 is 1.92 bits per heavy atom. The van der Waals surface area contributed by atoms with Crippen molar-refractivity contribution in [1.82, 2.24) is 0 Å². The maximum absolute atomic E-state index is 12.6. The first kappa shape index (κ1) is 14.7. The first-order valence-corrected chi connectivity index (χ1v) is 10.2. The molecule has 0 aromatic rings. The Balaban J connectivity index is 1.40. The molecule has 2 saturated heterocycles. The van der Waals surface area contributed by atoms with Crippen LogP contribution in [0.1, 0.15) is 65.7 Å². The summed E-state index contributed by atoms with van der Waals surface area (Å²) in [6.07, 6.45) is 8.99. The van der Waals surface area contributed by atoms with Crippen LogP contribution in [0.25, 0.3) is 0 Å². The molecule has 0 aromatic heterocycles. The van der Waals surface area contributed by atoms with Gasteiger partial charge in [-0.05, 0) is 69.1 Å². The zero-order valence-electron chi connectivity index (χ0n) is 15.3. The Morgan fingerprint density at radius 1 is 1.12 bits per heavy atom.